The second kappa shape index (κ2) is 4.20. The largest absolute Gasteiger partial charge is 0.506 e. The van der Waals surface area contributed by atoms with Crippen LogP contribution in [-0.2, 0) is 0 Å². The maximum atomic E-state index is 12.0. The molecule has 0 aliphatic carbocycles. The first-order valence-corrected chi connectivity index (χ1v) is 6.65. The fraction of sp³-hybridized carbons (Fsp3) is 0.143. The van der Waals surface area contributed by atoms with E-state index in [1.54, 1.807) is 31.2 Å². The van der Waals surface area contributed by atoms with Crippen LogP contribution in [0.15, 0.2) is 33.5 Å². The second-order valence-corrected chi connectivity index (χ2v) is 5.10. The van der Waals surface area contributed by atoms with Crippen LogP contribution in [0.4, 0.5) is 0 Å². The van der Waals surface area contributed by atoms with E-state index in [1.807, 2.05) is 0 Å². The number of hydrogen-bond donors (Lipinski definition) is 1. The molecule has 1 N–H and O–H groups in total. The molecule has 0 radical (unpaired) electrons. The zero-order valence-electron chi connectivity index (χ0n) is 10.1. The first kappa shape index (κ1) is 11.9. The quantitative estimate of drug-likeness (QED) is 0.728. The van der Waals surface area contributed by atoms with Crippen LogP contribution < -0.4 is 4.94 Å². The van der Waals surface area contributed by atoms with Crippen LogP contribution in [0.2, 0.25) is 0 Å². The lowest BCUT2D eigenvalue weighted by Gasteiger charge is -2.07. The summed E-state index contributed by atoms with van der Waals surface area (Å²) in [6.07, 6.45) is 0.257. The van der Waals surface area contributed by atoms with Gasteiger partial charge in [-0.1, -0.05) is 42.5 Å². The normalized spacial score (nSPS) is 11.2. The van der Waals surface area contributed by atoms with E-state index in [-0.39, 0.29) is 23.5 Å². The van der Waals surface area contributed by atoms with Crippen molar-refractivity contribution in [1.82, 2.24) is 0 Å². The summed E-state index contributed by atoms with van der Waals surface area (Å²) in [5.41, 5.74) is 0.562. The monoisotopic (exact) mass is 274 g/mol. The molecule has 0 unspecified atom stereocenters. The molecule has 4 nitrogen and oxygen atoms in total. The topological polar surface area (TPSA) is 67.5 Å². The Bertz CT molecular complexity index is 857. The summed E-state index contributed by atoms with van der Waals surface area (Å²) in [5, 5.41) is 11.5. The highest BCUT2D eigenvalue weighted by Crippen LogP contribution is 2.39. The van der Waals surface area contributed by atoms with Crippen molar-refractivity contribution in [3.05, 3.63) is 39.6 Å². The number of ketones is 1. The van der Waals surface area contributed by atoms with Crippen LogP contribution in [0.5, 0.6) is 5.75 Å². The highest BCUT2D eigenvalue weighted by Gasteiger charge is 2.21. The van der Waals surface area contributed by atoms with Gasteiger partial charge in [0.25, 0.3) is 0 Å². The predicted molar refractivity (Wildman–Crippen MR) is 74.2 cm³/mol. The third-order valence-corrected chi connectivity index (χ3v) is 3.91. The van der Waals surface area contributed by atoms with Crippen LogP contribution >= 0.6 is 11.3 Å². The van der Waals surface area contributed by atoms with Gasteiger partial charge >= 0.3 is 4.94 Å². The molecule has 0 bridgehead atoms. The molecule has 1 heterocycles. The summed E-state index contributed by atoms with van der Waals surface area (Å²) in [5.74, 6) is -0.280. The van der Waals surface area contributed by atoms with Crippen molar-refractivity contribution < 1.29 is 14.3 Å². The van der Waals surface area contributed by atoms with E-state index in [1.165, 1.54) is 0 Å². The number of fused-ring (bicyclic) bond motifs is 3. The van der Waals surface area contributed by atoms with Gasteiger partial charge in [-0.05, 0) is 0 Å². The molecule has 19 heavy (non-hydrogen) atoms. The summed E-state index contributed by atoms with van der Waals surface area (Å²) in [7, 11) is 0. The third kappa shape index (κ3) is 1.66. The predicted octanol–water partition coefficient (Wildman–Crippen LogP) is 3.31. The van der Waals surface area contributed by atoms with Crippen molar-refractivity contribution in [2.75, 3.05) is 0 Å². The number of aromatic hydroxyl groups is 1. The standard InChI is InChI=1S/C14H10O4S/c1-2-9(15)10-11(16)7-5-3-4-6-8(7)12-13(10)19-14(17)18-12/h3-6,16H,2H2,1H3. The van der Waals surface area contributed by atoms with Gasteiger partial charge in [-0.15, -0.1) is 0 Å². The number of carbonyl (C=O) groups is 1. The summed E-state index contributed by atoms with van der Waals surface area (Å²) < 4.78 is 5.60. The molecular weight excluding hydrogens is 264 g/mol. The zero-order chi connectivity index (χ0) is 13.6. The average Bonchev–Trinajstić information content (AvgIpc) is 2.80. The van der Waals surface area contributed by atoms with Crippen molar-refractivity contribution in [1.29, 1.82) is 0 Å². The number of hydrogen-bond acceptors (Lipinski definition) is 5. The first-order chi connectivity index (χ1) is 9.13. The van der Waals surface area contributed by atoms with Crippen molar-refractivity contribution in [3.63, 3.8) is 0 Å². The number of rotatable bonds is 2. The van der Waals surface area contributed by atoms with E-state index in [0.29, 0.717) is 21.1 Å². The van der Waals surface area contributed by atoms with E-state index in [2.05, 4.69) is 0 Å². The first-order valence-electron chi connectivity index (χ1n) is 5.84. The van der Waals surface area contributed by atoms with Crippen molar-refractivity contribution in [3.8, 4) is 5.75 Å². The van der Waals surface area contributed by atoms with E-state index >= 15 is 0 Å². The minimum Gasteiger partial charge on any atom is -0.506 e. The fourth-order valence-electron chi connectivity index (χ4n) is 2.19. The number of carbonyl (C=O) groups excluding carboxylic acids is 1. The minimum atomic E-state index is -0.476. The van der Waals surface area contributed by atoms with Crippen LogP contribution in [0.3, 0.4) is 0 Å². The summed E-state index contributed by atoms with van der Waals surface area (Å²) in [6.45, 7) is 1.71. The Balaban J connectivity index is 2.62. The highest BCUT2D eigenvalue weighted by atomic mass is 32.1. The van der Waals surface area contributed by atoms with E-state index in [4.69, 9.17) is 4.42 Å². The molecule has 0 saturated carbocycles. The molecular formula is C14H10O4S. The number of phenols is 1. The Morgan fingerprint density at radius 1 is 1.32 bits per heavy atom. The summed E-state index contributed by atoms with van der Waals surface area (Å²) in [6, 6.07) is 7.01. The number of benzene rings is 2. The van der Waals surface area contributed by atoms with Gasteiger partial charge in [0, 0.05) is 17.2 Å². The van der Waals surface area contributed by atoms with Crippen molar-refractivity contribution in [2.45, 2.75) is 13.3 Å². The van der Waals surface area contributed by atoms with Crippen molar-refractivity contribution >= 4 is 38.2 Å². The Morgan fingerprint density at radius 2 is 2.00 bits per heavy atom. The maximum Gasteiger partial charge on any atom is 0.396 e. The Labute approximate surface area is 111 Å². The summed E-state index contributed by atoms with van der Waals surface area (Å²) in [4.78, 5) is 23.0. The highest BCUT2D eigenvalue weighted by molar-refractivity contribution is 7.16. The molecule has 0 aliphatic heterocycles. The van der Waals surface area contributed by atoms with Crippen LogP contribution in [-0.4, -0.2) is 10.9 Å². The van der Waals surface area contributed by atoms with E-state index in [9.17, 15) is 14.7 Å². The number of phenolic OH excluding ortho intramolecular Hbond substituents is 1. The maximum absolute atomic E-state index is 12.0. The molecule has 1 aromatic heterocycles. The molecule has 3 rings (SSSR count). The lowest BCUT2D eigenvalue weighted by atomic mass is 10.0. The van der Waals surface area contributed by atoms with Gasteiger partial charge in [0.1, 0.15) is 5.75 Å². The molecule has 0 fully saturated rings. The van der Waals surface area contributed by atoms with Crippen LogP contribution in [0, 0.1) is 0 Å². The molecule has 0 aliphatic rings. The molecule has 2 aromatic carbocycles. The van der Waals surface area contributed by atoms with Crippen molar-refractivity contribution in [2.24, 2.45) is 0 Å². The molecule has 0 saturated heterocycles. The molecule has 0 spiro atoms. The SMILES string of the molecule is CCC(=O)c1c(O)c2ccccc2c2oc(=O)sc12. The van der Waals surface area contributed by atoms with Gasteiger partial charge < -0.3 is 9.52 Å². The van der Waals surface area contributed by atoms with Crippen LogP contribution in [0.25, 0.3) is 21.1 Å². The lowest BCUT2D eigenvalue weighted by Crippen LogP contribution is -1.98. The molecule has 0 atom stereocenters. The molecule has 5 heteroatoms. The van der Waals surface area contributed by atoms with Gasteiger partial charge in [0.2, 0.25) is 0 Å². The van der Waals surface area contributed by atoms with Gasteiger partial charge in [0.05, 0.1) is 10.3 Å². The minimum absolute atomic E-state index is 0.0769. The van der Waals surface area contributed by atoms with E-state index < -0.39 is 4.94 Å². The molecule has 0 amide bonds. The Kier molecular flexibility index (Phi) is 2.64. The van der Waals surface area contributed by atoms with Crippen LogP contribution in [0.1, 0.15) is 23.7 Å². The van der Waals surface area contributed by atoms with Gasteiger partial charge in [0.15, 0.2) is 11.4 Å². The molecule has 96 valence electrons. The Morgan fingerprint density at radius 3 is 2.68 bits per heavy atom. The van der Waals surface area contributed by atoms with E-state index in [0.717, 1.165) is 11.3 Å². The second-order valence-electron chi connectivity index (χ2n) is 4.16. The smallest absolute Gasteiger partial charge is 0.396 e. The third-order valence-electron chi connectivity index (χ3n) is 3.07. The van der Waals surface area contributed by atoms with Gasteiger partial charge in [-0.25, -0.2) is 4.79 Å². The van der Waals surface area contributed by atoms with Gasteiger partial charge in [-0.3, -0.25) is 4.79 Å². The summed E-state index contributed by atoms with van der Waals surface area (Å²) >= 11 is 0.848. The molecule has 3 aromatic rings. The number of Topliss-reactive ketones (excluding diaryl/α,β-unsaturated/α-hetero) is 1. The lowest BCUT2D eigenvalue weighted by molar-refractivity contribution is 0.0987. The zero-order valence-corrected chi connectivity index (χ0v) is 10.9. The fourth-order valence-corrected chi connectivity index (χ4v) is 3.04. The Hall–Kier alpha value is -2.14. The average molecular weight is 274 g/mol. The van der Waals surface area contributed by atoms with Gasteiger partial charge in [-0.2, -0.15) is 0 Å².